The first kappa shape index (κ1) is 19.6. The zero-order valence-electron chi connectivity index (χ0n) is 17.5. The summed E-state index contributed by atoms with van der Waals surface area (Å²) >= 11 is 0. The van der Waals surface area contributed by atoms with Crippen LogP contribution >= 0.6 is 0 Å². The van der Waals surface area contributed by atoms with Crippen LogP contribution in [0.3, 0.4) is 0 Å². The summed E-state index contributed by atoms with van der Waals surface area (Å²) in [6.07, 6.45) is 3.30. The largest absolute Gasteiger partial charge is 0.497 e. The van der Waals surface area contributed by atoms with Gasteiger partial charge in [0.15, 0.2) is 5.65 Å². The van der Waals surface area contributed by atoms with Crippen molar-refractivity contribution < 1.29 is 9.53 Å². The quantitative estimate of drug-likeness (QED) is 0.465. The van der Waals surface area contributed by atoms with Gasteiger partial charge in [0.2, 0.25) is 5.91 Å². The molecule has 0 saturated carbocycles. The van der Waals surface area contributed by atoms with Gasteiger partial charge >= 0.3 is 5.69 Å². The van der Waals surface area contributed by atoms with E-state index in [1.807, 2.05) is 37.3 Å². The molecule has 0 aliphatic rings. The van der Waals surface area contributed by atoms with E-state index in [1.54, 1.807) is 48.3 Å². The molecule has 0 radical (unpaired) electrons. The highest BCUT2D eigenvalue weighted by Crippen LogP contribution is 2.21. The molecular formula is C23H20N6O3. The van der Waals surface area contributed by atoms with E-state index in [-0.39, 0.29) is 12.5 Å². The van der Waals surface area contributed by atoms with E-state index in [2.05, 4.69) is 15.5 Å². The van der Waals surface area contributed by atoms with Gasteiger partial charge < -0.3 is 10.1 Å². The number of fused-ring (bicyclic) bond motifs is 3. The normalized spacial score (nSPS) is 11.2. The minimum atomic E-state index is -0.398. The van der Waals surface area contributed by atoms with Gasteiger partial charge in [-0.2, -0.15) is 5.10 Å². The molecule has 3 aromatic heterocycles. The maximum atomic E-state index is 12.8. The van der Waals surface area contributed by atoms with Crippen LogP contribution < -0.4 is 15.7 Å². The number of hydrogen-bond acceptors (Lipinski definition) is 5. The standard InChI is InChI=1S/C23H20N6O3/c1-15-3-5-16(6-4-15)19-13-20-22-26-29(23(31)27(22)11-12-28(20)25-19)14-21(30)24-17-7-9-18(32-2)10-8-17/h3-13H,14H2,1-2H3,(H,24,30). The fourth-order valence-corrected chi connectivity index (χ4v) is 3.51. The molecule has 0 aliphatic carbocycles. The molecule has 0 atom stereocenters. The van der Waals surface area contributed by atoms with Gasteiger partial charge in [-0.15, -0.1) is 5.10 Å². The van der Waals surface area contributed by atoms with Gasteiger partial charge in [0.1, 0.15) is 17.8 Å². The van der Waals surface area contributed by atoms with Gasteiger partial charge in [0.05, 0.1) is 12.8 Å². The number of carbonyl (C=O) groups excluding carboxylic acids is 1. The number of anilines is 1. The number of amides is 1. The molecule has 5 aromatic rings. The van der Waals surface area contributed by atoms with E-state index in [4.69, 9.17) is 4.74 Å². The minimum Gasteiger partial charge on any atom is -0.497 e. The molecule has 1 amide bonds. The lowest BCUT2D eigenvalue weighted by Gasteiger charge is -2.05. The topological polar surface area (TPSA) is 94.9 Å². The highest BCUT2D eigenvalue weighted by atomic mass is 16.5. The molecule has 9 nitrogen and oxygen atoms in total. The zero-order chi connectivity index (χ0) is 22.2. The predicted octanol–water partition coefficient (Wildman–Crippen LogP) is 2.77. The molecule has 0 unspecified atom stereocenters. The molecule has 3 heterocycles. The Bertz CT molecular complexity index is 1490. The maximum absolute atomic E-state index is 12.8. The number of aryl methyl sites for hydroxylation is 1. The van der Waals surface area contributed by atoms with Crippen molar-refractivity contribution in [2.24, 2.45) is 0 Å². The Balaban J connectivity index is 1.45. The van der Waals surface area contributed by atoms with E-state index in [9.17, 15) is 9.59 Å². The third-order valence-electron chi connectivity index (χ3n) is 5.21. The van der Waals surface area contributed by atoms with E-state index >= 15 is 0 Å². The first-order valence-corrected chi connectivity index (χ1v) is 10.0. The first-order valence-electron chi connectivity index (χ1n) is 10.0. The van der Waals surface area contributed by atoms with Gasteiger partial charge in [-0.25, -0.2) is 18.4 Å². The van der Waals surface area contributed by atoms with Gasteiger partial charge in [0, 0.05) is 23.6 Å². The number of ether oxygens (including phenoxy) is 1. The summed E-state index contributed by atoms with van der Waals surface area (Å²) in [7, 11) is 1.57. The number of nitrogens with one attached hydrogen (secondary N) is 1. The van der Waals surface area contributed by atoms with Crippen molar-refractivity contribution in [3.05, 3.63) is 83.0 Å². The van der Waals surface area contributed by atoms with Gasteiger partial charge in [-0.05, 0) is 37.3 Å². The second-order valence-corrected chi connectivity index (χ2v) is 7.43. The molecule has 0 fully saturated rings. The average molecular weight is 428 g/mol. The third kappa shape index (κ3) is 3.49. The Kier molecular flexibility index (Phi) is 4.70. The molecular weight excluding hydrogens is 408 g/mol. The Hall–Kier alpha value is -4.40. The number of aromatic nitrogens is 5. The number of benzene rings is 2. The van der Waals surface area contributed by atoms with E-state index < -0.39 is 5.69 Å². The van der Waals surface area contributed by atoms with Gasteiger partial charge in [-0.3, -0.25) is 4.79 Å². The fourth-order valence-electron chi connectivity index (χ4n) is 3.51. The van der Waals surface area contributed by atoms with Gasteiger partial charge in [0.25, 0.3) is 0 Å². The summed E-state index contributed by atoms with van der Waals surface area (Å²) in [5, 5.41) is 11.8. The van der Waals surface area contributed by atoms with Crippen molar-refractivity contribution in [3.63, 3.8) is 0 Å². The molecule has 160 valence electrons. The summed E-state index contributed by atoms with van der Waals surface area (Å²) in [5.74, 6) is 0.333. The highest BCUT2D eigenvalue weighted by Gasteiger charge is 2.15. The predicted molar refractivity (Wildman–Crippen MR) is 120 cm³/mol. The van der Waals surface area contributed by atoms with Crippen LogP contribution in [0.25, 0.3) is 22.4 Å². The highest BCUT2D eigenvalue weighted by molar-refractivity contribution is 5.90. The van der Waals surface area contributed by atoms with Crippen molar-refractivity contribution in [2.45, 2.75) is 13.5 Å². The van der Waals surface area contributed by atoms with Crippen LogP contribution in [0, 0.1) is 6.92 Å². The van der Waals surface area contributed by atoms with Crippen molar-refractivity contribution in [3.8, 4) is 17.0 Å². The number of hydrogen-bond donors (Lipinski definition) is 1. The molecule has 0 spiro atoms. The molecule has 9 heteroatoms. The van der Waals surface area contributed by atoms with Crippen molar-refractivity contribution in [1.82, 2.24) is 23.8 Å². The van der Waals surface area contributed by atoms with Gasteiger partial charge in [-0.1, -0.05) is 29.8 Å². The van der Waals surface area contributed by atoms with Crippen LogP contribution in [0.1, 0.15) is 5.56 Å². The lowest BCUT2D eigenvalue weighted by Crippen LogP contribution is -2.28. The fraction of sp³-hybridized carbons (Fsp3) is 0.130. The van der Waals surface area contributed by atoms with Crippen LogP contribution in [0.4, 0.5) is 5.69 Å². The lowest BCUT2D eigenvalue weighted by molar-refractivity contribution is -0.117. The third-order valence-corrected chi connectivity index (χ3v) is 5.21. The maximum Gasteiger partial charge on any atom is 0.350 e. The second kappa shape index (κ2) is 7.69. The smallest absolute Gasteiger partial charge is 0.350 e. The monoisotopic (exact) mass is 428 g/mol. The first-order chi connectivity index (χ1) is 15.5. The summed E-state index contributed by atoms with van der Waals surface area (Å²) in [4.78, 5) is 25.3. The van der Waals surface area contributed by atoms with E-state index in [0.29, 0.717) is 22.6 Å². The lowest BCUT2D eigenvalue weighted by atomic mass is 10.1. The SMILES string of the molecule is COc1ccc(NC(=O)Cn2nc3c4cc(-c5ccc(C)cc5)nn4ccn3c2=O)cc1. The average Bonchev–Trinajstić information content (AvgIpc) is 3.36. The summed E-state index contributed by atoms with van der Waals surface area (Å²) in [5.41, 5.74) is 4.22. The van der Waals surface area contributed by atoms with Crippen molar-refractivity contribution >= 4 is 22.8 Å². The summed E-state index contributed by atoms with van der Waals surface area (Å²) < 4.78 is 9.35. The molecule has 5 rings (SSSR count). The van der Waals surface area contributed by atoms with E-state index in [1.165, 1.54) is 4.40 Å². The van der Waals surface area contributed by atoms with Crippen LogP contribution in [0.5, 0.6) is 5.75 Å². The Morgan fingerprint density at radius 1 is 1.03 bits per heavy atom. The second-order valence-electron chi connectivity index (χ2n) is 7.43. The molecule has 0 aliphatic heterocycles. The van der Waals surface area contributed by atoms with Crippen LogP contribution in [0.2, 0.25) is 0 Å². The minimum absolute atomic E-state index is 0.211. The zero-order valence-corrected chi connectivity index (χ0v) is 17.5. The number of rotatable bonds is 5. The summed E-state index contributed by atoms with van der Waals surface area (Å²) in [6.45, 7) is 1.82. The van der Waals surface area contributed by atoms with Crippen LogP contribution in [-0.2, 0) is 11.3 Å². The summed E-state index contributed by atoms with van der Waals surface area (Å²) in [6, 6.07) is 16.9. The van der Waals surface area contributed by atoms with Crippen molar-refractivity contribution in [1.29, 1.82) is 0 Å². The Morgan fingerprint density at radius 2 is 1.78 bits per heavy atom. The number of methoxy groups -OCH3 is 1. The molecule has 0 bridgehead atoms. The molecule has 1 N–H and O–H groups in total. The Morgan fingerprint density at radius 3 is 2.50 bits per heavy atom. The molecule has 0 saturated heterocycles. The number of nitrogens with zero attached hydrogens (tertiary/aromatic N) is 5. The molecule has 32 heavy (non-hydrogen) atoms. The van der Waals surface area contributed by atoms with E-state index in [0.717, 1.165) is 21.5 Å². The Labute approximate surface area is 182 Å². The number of carbonyl (C=O) groups is 1. The van der Waals surface area contributed by atoms with Crippen molar-refractivity contribution in [2.75, 3.05) is 12.4 Å². The molecule has 2 aromatic carbocycles. The van der Waals surface area contributed by atoms with Crippen LogP contribution in [0.15, 0.2) is 71.8 Å². The van der Waals surface area contributed by atoms with Crippen LogP contribution in [-0.4, -0.2) is 36.8 Å².